The molecule has 0 amide bonds. The van der Waals surface area contributed by atoms with E-state index in [-0.39, 0.29) is 11.2 Å². The van der Waals surface area contributed by atoms with Gasteiger partial charge in [0.1, 0.15) is 0 Å². The van der Waals surface area contributed by atoms with Gasteiger partial charge in [-0.2, -0.15) is 13.2 Å². The molecule has 0 unspecified atom stereocenters. The van der Waals surface area contributed by atoms with Crippen molar-refractivity contribution in [3.63, 3.8) is 0 Å². The van der Waals surface area contributed by atoms with Gasteiger partial charge in [0.2, 0.25) is 0 Å². The van der Waals surface area contributed by atoms with Crippen LogP contribution >= 0.6 is 0 Å². The molecule has 1 aromatic rings. The molecule has 0 bridgehead atoms. The number of nitrogens with two attached hydrogens (primary N) is 1. The second kappa shape index (κ2) is 3.44. The first kappa shape index (κ1) is 10.8. The number of anilines is 1. The zero-order valence-electron chi connectivity index (χ0n) is 6.02. The first-order chi connectivity index (χ1) is 5.02. The first-order valence-electron chi connectivity index (χ1n) is 2.93. The highest BCUT2D eigenvalue weighted by atomic mass is 19.4. The lowest BCUT2D eigenvalue weighted by Gasteiger charge is -2.07. The molecule has 1 rings (SSSR count). The number of para-hydroxylation sites is 1. The Hall–Kier alpha value is -1.23. The van der Waals surface area contributed by atoms with Crippen LogP contribution in [0, 0.1) is 0 Å². The molecule has 0 heterocycles. The highest BCUT2D eigenvalue weighted by Crippen LogP contribution is 2.32. The minimum absolute atomic E-state index is 0. The third-order valence-electron chi connectivity index (χ3n) is 1.27. The number of nitrogen functional groups attached to an aromatic ring is 1. The number of alkyl halides is 3. The third kappa shape index (κ3) is 2.13. The second-order valence-corrected chi connectivity index (χ2v) is 2.09. The van der Waals surface area contributed by atoms with Crippen LogP contribution in [-0.4, -0.2) is 5.48 Å². The summed E-state index contributed by atoms with van der Waals surface area (Å²) in [6.07, 6.45) is -4.34. The molecule has 0 radical (unpaired) electrons. The average Bonchev–Trinajstić information content (AvgIpc) is 1.86. The molecule has 0 aliphatic heterocycles. The van der Waals surface area contributed by atoms with Gasteiger partial charge >= 0.3 is 6.18 Å². The van der Waals surface area contributed by atoms with E-state index in [1.807, 2.05) is 0 Å². The lowest BCUT2D eigenvalue weighted by molar-refractivity contribution is -0.136. The van der Waals surface area contributed by atoms with Crippen LogP contribution in [0.1, 0.15) is 5.56 Å². The van der Waals surface area contributed by atoms with Crippen molar-refractivity contribution in [3.8, 4) is 0 Å². The number of rotatable bonds is 0. The third-order valence-corrected chi connectivity index (χ3v) is 1.27. The highest BCUT2D eigenvalue weighted by Gasteiger charge is 2.32. The molecule has 0 saturated heterocycles. The Morgan fingerprint density at radius 1 is 1.08 bits per heavy atom. The van der Waals surface area contributed by atoms with Crippen LogP contribution in [0.25, 0.3) is 0 Å². The summed E-state index contributed by atoms with van der Waals surface area (Å²) in [5, 5.41) is 0. The summed E-state index contributed by atoms with van der Waals surface area (Å²) in [5.74, 6) is 0. The summed E-state index contributed by atoms with van der Waals surface area (Å²) in [6, 6.07) is 4.95. The maximum atomic E-state index is 12.0. The standard InChI is InChI=1S/C7H6F3N.H2O/c8-7(9,10)5-3-1-2-4-6(5)11;/h1-4H,11H2;1H2. The fourth-order valence-corrected chi connectivity index (χ4v) is 0.755. The Kier molecular flexibility index (Phi) is 3.09. The van der Waals surface area contributed by atoms with Gasteiger partial charge < -0.3 is 11.2 Å². The van der Waals surface area contributed by atoms with Gasteiger partial charge in [0.05, 0.1) is 5.56 Å². The Balaban J connectivity index is 0.00000121. The zero-order chi connectivity index (χ0) is 8.48. The predicted octanol–water partition coefficient (Wildman–Crippen LogP) is 1.46. The topological polar surface area (TPSA) is 57.5 Å². The highest BCUT2D eigenvalue weighted by molar-refractivity contribution is 5.47. The summed E-state index contributed by atoms with van der Waals surface area (Å²) in [6.45, 7) is 0. The molecule has 0 saturated carbocycles. The number of hydrogen-bond donors (Lipinski definition) is 1. The minimum Gasteiger partial charge on any atom is -0.412 e. The SMILES string of the molecule is Nc1ccccc1C(F)(F)F.O. The first-order valence-corrected chi connectivity index (χ1v) is 2.93. The van der Waals surface area contributed by atoms with Gasteiger partial charge in [-0.3, -0.25) is 0 Å². The van der Waals surface area contributed by atoms with Crippen molar-refractivity contribution in [3.05, 3.63) is 29.8 Å². The van der Waals surface area contributed by atoms with Gasteiger partial charge in [-0.15, -0.1) is 0 Å². The van der Waals surface area contributed by atoms with Crippen LogP contribution in [0.4, 0.5) is 18.9 Å². The van der Waals surface area contributed by atoms with Gasteiger partial charge in [-0.25, -0.2) is 0 Å². The van der Waals surface area contributed by atoms with Gasteiger partial charge in [-0.05, 0) is 12.1 Å². The van der Waals surface area contributed by atoms with E-state index in [9.17, 15) is 13.2 Å². The minimum atomic E-state index is -4.34. The van der Waals surface area contributed by atoms with E-state index in [0.29, 0.717) is 0 Å². The summed E-state index contributed by atoms with van der Waals surface area (Å²) >= 11 is 0. The largest absolute Gasteiger partial charge is 0.418 e. The Morgan fingerprint density at radius 3 is 1.92 bits per heavy atom. The number of halogens is 3. The number of hydrogen-bond acceptors (Lipinski definition) is 1. The van der Waals surface area contributed by atoms with Crippen molar-refractivity contribution in [1.29, 1.82) is 0 Å². The van der Waals surface area contributed by atoms with Crippen LogP contribution in [0.2, 0.25) is 0 Å². The zero-order valence-corrected chi connectivity index (χ0v) is 6.02. The Labute approximate surface area is 67.1 Å². The van der Waals surface area contributed by atoms with Crippen LogP contribution < -0.4 is 5.73 Å². The van der Waals surface area contributed by atoms with Gasteiger partial charge in [0.15, 0.2) is 0 Å². The van der Waals surface area contributed by atoms with E-state index in [1.165, 1.54) is 18.2 Å². The molecule has 0 fully saturated rings. The fourth-order valence-electron chi connectivity index (χ4n) is 0.755. The summed E-state index contributed by atoms with van der Waals surface area (Å²) in [7, 11) is 0. The molecule has 5 heteroatoms. The Morgan fingerprint density at radius 2 is 1.58 bits per heavy atom. The normalized spacial score (nSPS) is 10.6. The van der Waals surface area contributed by atoms with E-state index in [4.69, 9.17) is 5.73 Å². The molecule has 0 aliphatic rings. The molecule has 0 aliphatic carbocycles. The van der Waals surface area contributed by atoms with Crippen LogP contribution in [0.3, 0.4) is 0 Å². The molecular weight excluding hydrogens is 171 g/mol. The molecular formula is C7H8F3NO. The van der Waals surface area contributed by atoms with E-state index in [1.54, 1.807) is 0 Å². The van der Waals surface area contributed by atoms with E-state index < -0.39 is 11.7 Å². The molecule has 0 aromatic heterocycles. The molecule has 12 heavy (non-hydrogen) atoms. The van der Waals surface area contributed by atoms with Gasteiger partial charge in [0.25, 0.3) is 0 Å². The lowest BCUT2D eigenvalue weighted by atomic mass is 10.2. The van der Waals surface area contributed by atoms with Crippen molar-refractivity contribution in [2.24, 2.45) is 0 Å². The van der Waals surface area contributed by atoms with Gasteiger partial charge in [-0.1, -0.05) is 12.1 Å². The monoisotopic (exact) mass is 179 g/mol. The quantitative estimate of drug-likeness (QED) is 0.602. The summed E-state index contributed by atoms with van der Waals surface area (Å²) < 4.78 is 35.9. The number of benzene rings is 1. The predicted molar refractivity (Wildman–Crippen MR) is 39.5 cm³/mol. The smallest absolute Gasteiger partial charge is 0.412 e. The van der Waals surface area contributed by atoms with Gasteiger partial charge in [0, 0.05) is 5.69 Å². The molecule has 68 valence electrons. The van der Waals surface area contributed by atoms with Crippen LogP contribution in [0.5, 0.6) is 0 Å². The van der Waals surface area contributed by atoms with Crippen LogP contribution in [0.15, 0.2) is 24.3 Å². The molecule has 2 nitrogen and oxygen atoms in total. The molecule has 0 spiro atoms. The maximum Gasteiger partial charge on any atom is 0.418 e. The van der Waals surface area contributed by atoms with E-state index >= 15 is 0 Å². The van der Waals surface area contributed by atoms with Crippen molar-refractivity contribution in [1.82, 2.24) is 0 Å². The van der Waals surface area contributed by atoms with Crippen molar-refractivity contribution < 1.29 is 18.6 Å². The van der Waals surface area contributed by atoms with Crippen molar-refractivity contribution >= 4 is 5.69 Å². The second-order valence-electron chi connectivity index (χ2n) is 2.09. The average molecular weight is 179 g/mol. The summed E-state index contributed by atoms with van der Waals surface area (Å²) in [4.78, 5) is 0. The van der Waals surface area contributed by atoms with Crippen LogP contribution in [-0.2, 0) is 6.18 Å². The Bertz CT molecular complexity index is 259. The van der Waals surface area contributed by atoms with E-state index in [2.05, 4.69) is 0 Å². The van der Waals surface area contributed by atoms with Crippen molar-refractivity contribution in [2.45, 2.75) is 6.18 Å². The maximum absolute atomic E-state index is 12.0. The van der Waals surface area contributed by atoms with E-state index in [0.717, 1.165) is 6.07 Å². The fraction of sp³-hybridized carbons (Fsp3) is 0.143. The van der Waals surface area contributed by atoms with Crippen molar-refractivity contribution in [2.75, 3.05) is 5.73 Å². The lowest BCUT2D eigenvalue weighted by Crippen LogP contribution is -2.07. The molecule has 0 atom stereocenters. The summed E-state index contributed by atoms with van der Waals surface area (Å²) in [5.41, 5.74) is 4.07. The molecule has 1 aromatic carbocycles. The molecule has 4 N–H and O–H groups in total.